The maximum absolute atomic E-state index is 11.8. The predicted octanol–water partition coefficient (Wildman–Crippen LogP) is 3.56. The third-order valence-corrected chi connectivity index (χ3v) is 4.11. The minimum absolute atomic E-state index is 0.0926. The van der Waals surface area contributed by atoms with Crippen LogP contribution in [0.2, 0.25) is 0 Å². The van der Waals surface area contributed by atoms with Crippen LogP contribution in [0.4, 0.5) is 10.5 Å². The van der Waals surface area contributed by atoms with Crippen LogP contribution < -0.4 is 5.32 Å². The quantitative estimate of drug-likeness (QED) is 0.740. The summed E-state index contributed by atoms with van der Waals surface area (Å²) in [4.78, 5) is 23.1. The molecule has 6 heteroatoms. The van der Waals surface area contributed by atoms with E-state index in [2.05, 4.69) is 5.32 Å². The van der Waals surface area contributed by atoms with Gasteiger partial charge in [0.15, 0.2) is 0 Å². The van der Waals surface area contributed by atoms with Crippen molar-refractivity contribution in [3.05, 3.63) is 23.8 Å². The average Bonchev–Trinajstić information content (AvgIpc) is 2.93. The molecule has 1 aliphatic rings. The number of aliphatic carboxylic acids is 1. The first-order valence-corrected chi connectivity index (χ1v) is 7.49. The molecule has 1 amide bonds. The molecule has 2 rings (SSSR count). The van der Waals surface area contributed by atoms with Gasteiger partial charge < -0.3 is 14.9 Å². The number of rotatable bonds is 3. The van der Waals surface area contributed by atoms with Crippen LogP contribution in [0.1, 0.15) is 46.1 Å². The molecule has 2 unspecified atom stereocenters. The molecule has 0 aromatic heterocycles. The largest absolute Gasteiger partial charge is 0.506 e. The van der Waals surface area contributed by atoms with Gasteiger partial charge in [-0.1, -0.05) is 19.9 Å². The van der Waals surface area contributed by atoms with E-state index in [-0.39, 0.29) is 22.8 Å². The van der Waals surface area contributed by atoms with Crippen molar-refractivity contribution < 1.29 is 24.5 Å². The molecule has 3 N–H and O–H groups in total. The monoisotopic (exact) mass is 321 g/mol. The highest BCUT2D eigenvalue weighted by Crippen LogP contribution is 2.64. The van der Waals surface area contributed by atoms with Gasteiger partial charge in [-0.25, -0.2) is 4.79 Å². The Balaban J connectivity index is 2.21. The van der Waals surface area contributed by atoms with E-state index >= 15 is 0 Å². The Hall–Kier alpha value is -2.24. The zero-order valence-corrected chi connectivity index (χ0v) is 14.0. The normalized spacial score (nSPS) is 22.3. The number of carbonyl (C=O) groups excluding carboxylic acids is 1. The molecule has 0 radical (unpaired) electrons. The molecule has 0 bridgehead atoms. The SMILES string of the molecule is CC(C)(C)OC(=O)Nc1cc(C2C(C(=O)O)C2(C)C)ccc1O. The smallest absolute Gasteiger partial charge is 0.412 e. The minimum atomic E-state index is -0.838. The van der Waals surface area contributed by atoms with Gasteiger partial charge in [0.05, 0.1) is 11.6 Å². The molecule has 1 fully saturated rings. The van der Waals surface area contributed by atoms with Crippen LogP contribution in [0, 0.1) is 11.3 Å². The molecular weight excluding hydrogens is 298 g/mol. The highest BCUT2D eigenvalue weighted by molar-refractivity contribution is 5.87. The number of phenolic OH excluding ortho intramolecular Hbond substituents is 1. The van der Waals surface area contributed by atoms with E-state index < -0.39 is 23.6 Å². The lowest BCUT2D eigenvalue weighted by Crippen LogP contribution is -2.27. The second-order valence-electron chi connectivity index (χ2n) is 7.52. The van der Waals surface area contributed by atoms with Crippen LogP contribution >= 0.6 is 0 Å². The summed E-state index contributed by atoms with van der Waals surface area (Å²) in [5.74, 6) is -1.55. The highest BCUT2D eigenvalue weighted by Gasteiger charge is 2.62. The standard InChI is InChI=1S/C17H23NO5/c1-16(2,3)23-15(22)18-10-8-9(6-7-11(10)19)12-13(14(20)21)17(12,4)5/h6-8,12-13,19H,1-5H3,(H,18,22)(H,20,21). The van der Waals surface area contributed by atoms with Gasteiger partial charge in [-0.15, -0.1) is 0 Å². The van der Waals surface area contributed by atoms with Gasteiger partial charge in [0, 0.05) is 5.92 Å². The Morgan fingerprint density at radius 1 is 1.26 bits per heavy atom. The molecule has 0 aliphatic heterocycles. The molecule has 1 saturated carbocycles. The molecule has 2 atom stereocenters. The number of anilines is 1. The molecule has 0 heterocycles. The molecule has 1 aliphatic carbocycles. The van der Waals surface area contributed by atoms with Crippen LogP contribution in [0.15, 0.2) is 18.2 Å². The topological polar surface area (TPSA) is 95.9 Å². The minimum Gasteiger partial charge on any atom is -0.506 e. The van der Waals surface area contributed by atoms with Gasteiger partial charge in [-0.05, 0) is 43.9 Å². The van der Waals surface area contributed by atoms with E-state index in [1.54, 1.807) is 32.9 Å². The van der Waals surface area contributed by atoms with Crippen LogP contribution in [0.5, 0.6) is 5.75 Å². The lowest BCUT2D eigenvalue weighted by atomic mass is 10.0. The molecule has 0 saturated heterocycles. The van der Waals surface area contributed by atoms with Gasteiger partial charge in [-0.2, -0.15) is 0 Å². The molecule has 6 nitrogen and oxygen atoms in total. The fraction of sp³-hybridized carbons (Fsp3) is 0.529. The number of nitrogens with one attached hydrogen (secondary N) is 1. The lowest BCUT2D eigenvalue weighted by molar-refractivity contribution is -0.139. The number of carbonyl (C=O) groups is 2. The summed E-state index contributed by atoms with van der Waals surface area (Å²) in [6.45, 7) is 9.02. The Morgan fingerprint density at radius 3 is 2.35 bits per heavy atom. The van der Waals surface area contributed by atoms with E-state index in [9.17, 15) is 19.8 Å². The van der Waals surface area contributed by atoms with Gasteiger partial charge in [-0.3, -0.25) is 10.1 Å². The van der Waals surface area contributed by atoms with Crippen molar-refractivity contribution in [3.8, 4) is 5.75 Å². The maximum atomic E-state index is 11.8. The summed E-state index contributed by atoms with van der Waals surface area (Å²) in [5.41, 5.74) is -0.0224. The number of amides is 1. The summed E-state index contributed by atoms with van der Waals surface area (Å²) in [5, 5.41) is 21.7. The molecular formula is C17H23NO5. The zero-order valence-electron chi connectivity index (χ0n) is 14.0. The van der Waals surface area contributed by atoms with Crippen LogP contribution in [0.3, 0.4) is 0 Å². The molecule has 126 valence electrons. The second-order valence-corrected chi connectivity index (χ2v) is 7.52. The molecule has 1 aromatic carbocycles. The Kier molecular flexibility index (Phi) is 4.05. The fourth-order valence-corrected chi connectivity index (χ4v) is 2.98. The number of aromatic hydroxyl groups is 1. The van der Waals surface area contributed by atoms with Crippen molar-refractivity contribution in [2.45, 2.75) is 46.1 Å². The van der Waals surface area contributed by atoms with Gasteiger partial charge in [0.1, 0.15) is 11.4 Å². The summed E-state index contributed by atoms with van der Waals surface area (Å²) in [7, 11) is 0. The fourth-order valence-electron chi connectivity index (χ4n) is 2.98. The van der Waals surface area contributed by atoms with Crippen LogP contribution in [-0.2, 0) is 9.53 Å². The van der Waals surface area contributed by atoms with Crippen LogP contribution in [-0.4, -0.2) is 27.9 Å². The number of ether oxygens (including phenoxy) is 1. The van der Waals surface area contributed by atoms with E-state index in [0.717, 1.165) is 5.56 Å². The predicted molar refractivity (Wildman–Crippen MR) is 85.6 cm³/mol. The van der Waals surface area contributed by atoms with E-state index in [1.807, 2.05) is 13.8 Å². The third-order valence-electron chi connectivity index (χ3n) is 4.11. The number of hydrogen-bond acceptors (Lipinski definition) is 4. The number of hydrogen-bond donors (Lipinski definition) is 3. The second kappa shape index (κ2) is 5.44. The highest BCUT2D eigenvalue weighted by atomic mass is 16.6. The first kappa shape index (κ1) is 17.1. The maximum Gasteiger partial charge on any atom is 0.412 e. The van der Waals surface area contributed by atoms with Crippen molar-refractivity contribution >= 4 is 17.7 Å². The lowest BCUT2D eigenvalue weighted by Gasteiger charge is -2.20. The van der Waals surface area contributed by atoms with Gasteiger partial charge in [0.25, 0.3) is 0 Å². The summed E-state index contributed by atoms with van der Waals surface area (Å²) < 4.78 is 5.16. The zero-order chi connectivity index (χ0) is 17.6. The Labute approximate surface area is 135 Å². The summed E-state index contributed by atoms with van der Waals surface area (Å²) >= 11 is 0. The first-order chi connectivity index (χ1) is 10.4. The summed E-state index contributed by atoms with van der Waals surface area (Å²) in [6.07, 6.45) is -0.671. The molecule has 23 heavy (non-hydrogen) atoms. The van der Waals surface area contributed by atoms with Crippen molar-refractivity contribution in [2.75, 3.05) is 5.32 Å². The Bertz CT molecular complexity index is 645. The summed E-state index contributed by atoms with van der Waals surface area (Å²) in [6, 6.07) is 4.74. The first-order valence-electron chi connectivity index (χ1n) is 7.49. The number of carboxylic acid groups (broad SMARTS) is 1. The number of benzene rings is 1. The van der Waals surface area contributed by atoms with Crippen molar-refractivity contribution in [1.29, 1.82) is 0 Å². The van der Waals surface area contributed by atoms with Crippen molar-refractivity contribution in [3.63, 3.8) is 0 Å². The van der Waals surface area contributed by atoms with E-state index in [1.165, 1.54) is 6.07 Å². The molecule has 1 aromatic rings. The average molecular weight is 321 g/mol. The van der Waals surface area contributed by atoms with E-state index in [0.29, 0.717) is 0 Å². The van der Waals surface area contributed by atoms with Crippen molar-refractivity contribution in [1.82, 2.24) is 0 Å². The third kappa shape index (κ3) is 3.57. The van der Waals surface area contributed by atoms with Gasteiger partial charge >= 0.3 is 12.1 Å². The van der Waals surface area contributed by atoms with Gasteiger partial charge in [0.2, 0.25) is 0 Å². The van der Waals surface area contributed by atoms with E-state index in [4.69, 9.17) is 4.74 Å². The molecule has 0 spiro atoms. The number of carboxylic acids is 1. The Morgan fingerprint density at radius 2 is 1.87 bits per heavy atom. The van der Waals surface area contributed by atoms with Crippen molar-refractivity contribution in [2.24, 2.45) is 11.3 Å². The number of phenols is 1. The van der Waals surface area contributed by atoms with Crippen LogP contribution in [0.25, 0.3) is 0 Å².